The molecule has 6 nitrogen and oxygen atoms in total. The number of hydrogen-bond donors (Lipinski definition) is 2. The van der Waals surface area contributed by atoms with E-state index in [1.54, 1.807) is 6.33 Å². The quantitative estimate of drug-likeness (QED) is 0.882. The Morgan fingerprint density at radius 2 is 1.95 bits per heavy atom. The molecule has 1 amide bonds. The molecule has 1 heterocycles. The molecule has 0 aromatic carbocycles. The van der Waals surface area contributed by atoms with Gasteiger partial charge in [0.05, 0.1) is 12.6 Å². The zero-order valence-electron chi connectivity index (χ0n) is 12.6. The average Bonchev–Trinajstić information content (AvgIpc) is 2.71. The summed E-state index contributed by atoms with van der Waals surface area (Å²) in [6.07, 6.45) is 1.66. The van der Waals surface area contributed by atoms with Gasteiger partial charge in [0, 0.05) is 6.04 Å². The predicted octanol–water partition coefficient (Wildman–Crippen LogP) is 1.69. The van der Waals surface area contributed by atoms with Gasteiger partial charge in [0.25, 0.3) is 0 Å². The van der Waals surface area contributed by atoms with Crippen molar-refractivity contribution in [2.75, 3.05) is 0 Å². The van der Waals surface area contributed by atoms with E-state index in [2.05, 4.69) is 15.5 Å². The maximum atomic E-state index is 11.9. The summed E-state index contributed by atoms with van der Waals surface area (Å²) in [4.78, 5) is 11.9. The molecule has 1 aromatic rings. The van der Waals surface area contributed by atoms with Crippen LogP contribution in [0.3, 0.4) is 0 Å². The van der Waals surface area contributed by atoms with Crippen LogP contribution in [0.2, 0.25) is 0 Å². The summed E-state index contributed by atoms with van der Waals surface area (Å²) >= 11 is 0. The van der Waals surface area contributed by atoms with E-state index in [0.29, 0.717) is 6.54 Å². The summed E-state index contributed by atoms with van der Waals surface area (Å²) in [7, 11) is 0. The summed E-state index contributed by atoms with van der Waals surface area (Å²) in [6, 6.07) is -0.267. The van der Waals surface area contributed by atoms with E-state index in [1.165, 1.54) is 0 Å². The Kier molecular flexibility index (Phi) is 9.05. The van der Waals surface area contributed by atoms with E-state index >= 15 is 0 Å². The summed E-state index contributed by atoms with van der Waals surface area (Å²) in [5.74, 6) is 0.570. The van der Waals surface area contributed by atoms with Gasteiger partial charge in [-0.15, -0.1) is 35.0 Å². The highest BCUT2D eigenvalue weighted by molar-refractivity contribution is 5.85. The number of nitrogens with two attached hydrogens (primary N) is 1. The summed E-state index contributed by atoms with van der Waals surface area (Å²) < 4.78 is 1.92. The number of carbonyl (C=O) groups excluding carboxylic acids is 1. The van der Waals surface area contributed by atoms with E-state index in [-0.39, 0.29) is 42.2 Å². The third-order valence-electron chi connectivity index (χ3n) is 2.84. The minimum absolute atomic E-state index is 0. The number of aromatic nitrogens is 3. The van der Waals surface area contributed by atoms with Crippen LogP contribution < -0.4 is 11.1 Å². The lowest BCUT2D eigenvalue weighted by Crippen LogP contribution is -2.48. The molecule has 0 aliphatic rings. The average molecular weight is 326 g/mol. The van der Waals surface area contributed by atoms with Crippen molar-refractivity contribution in [2.45, 2.75) is 53.2 Å². The lowest BCUT2D eigenvalue weighted by molar-refractivity contribution is -0.124. The Morgan fingerprint density at radius 3 is 2.40 bits per heavy atom. The molecule has 0 saturated heterocycles. The Balaban J connectivity index is 0. The second kappa shape index (κ2) is 8.44. The van der Waals surface area contributed by atoms with Crippen LogP contribution in [0.25, 0.3) is 0 Å². The monoisotopic (exact) mass is 325 g/mol. The predicted molar refractivity (Wildman–Crippen MR) is 84.2 cm³/mol. The molecule has 0 aliphatic heterocycles. The van der Waals surface area contributed by atoms with Crippen molar-refractivity contribution in [2.24, 2.45) is 11.1 Å². The summed E-state index contributed by atoms with van der Waals surface area (Å²) in [5.41, 5.74) is 5.62. The fourth-order valence-corrected chi connectivity index (χ4v) is 1.49. The van der Waals surface area contributed by atoms with E-state index in [0.717, 1.165) is 5.82 Å². The van der Waals surface area contributed by atoms with E-state index < -0.39 is 6.04 Å². The largest absolute Gasteiger partial charge is 0.347 e. The molecule has 0 spiro atoms. The van der Waals surface area contributed by atoms with E-state index in [4.69, 9.17) is 5.73 Å². The lowest BCUT2D eigenvalue weighted by atomic mass is 9.87. The molecule has 0 saturated carbocycles. The molecular weight excluding hydrogens is 301 g/mol. The molecule has 1 atom stereocenters. The molecule has 0 fully saturated rings. The van der Waals surface area contributed by atoms with Gasteiger partial charge in [-0.05, 0) is 19.3 Å². The molecule has 118 valence electrons. The smallest absolute Gasteiger partial charge is 0.237 e. The van der Waals surface area contributed by atoms with Crippen molar-refractivity contribution in [3.63, 3.8) is 0 Å². The molecule has 0 unspecified atom stereocenters. The van der Waals surface area contributed by atoms with Crippen LogP contribution >= 0.6 is 24.8 Å². The molecule has 0 radical (unpaired) electrons. The van der Waals surface area contributed by atoms with Gasteiger partial charge in [-0.25, -0.2) is 0 Å². The third-order valence-corrected chi connectivity index (χ3v) is 2.84. The third kappa shape index (κ3) is 5.64. The van der Waals surface area contributed by atoms with Gasteiger partial charge in [0.15, 0.2) is 5.82 Å². The van der Waals surface area contributed by atoms with Crippen molar-refractivity contribution < 1.29 is 4.79 Å². The number of nitrogens with one attached hydrogen (secondary N) is 1. The summed E-state index contributed by atoms with van der Waals surface area (Å²) in [6.45, 7) is 10.2. The Bertz CT molecular complexity index is 414. The molecule has 8 heteroatoms. The van der Waals surface area contributed by atoms with Gasteiger partial charge in [0.1, 0.15) is 6.33 Å². The van der Waals surface area contributed by atoms with Gasteiger partial charge in [-0.1, -0.05) is 20.8 Å². The number of nitrogens with zero attached hydrogens (tertiary/aromatic N) is 3. The van der Waals surface area contributed by atoms with Crippen molar-refractivity contribution in [1.82, 2.24) is 20.1 Å². The normalized spacial score (nSPS) is 12.3. The van der Waals surface area contributed by atoms with Crippen LogP contribution in [-0.2, 0) is 11.3 Å². The standard InChI is InChI=1S/C12H23N5O.2ClH/c1-8(2)17-7-15-16-9(17)6-14-11(18)10(13)12(3,4)5;;/h7-8,10H,6,13H2,1-5H3,(H,14,18);2*1H/t10-;;/m1../s1. The summed E-state index contributed by atoms with van der Waals surface area (Å²) in [5, 5.41) is 10.6. The number of rotatable bonds is 4. The van der Waals surface area contributed by atoms with E-state index in [9.17, 15) is 4.79 Å². The van der Waals surface area contributed by atoms with Gasteiger partial charge < -0.3 is 15.6 Å². The first-order chi connectivity index (χ1) is 8.23. The minimum atomic E-state index is -0.534. The topological polar surface area (TPSA) is 85.8 Å². The van der Waals surface area contributed by atoms with Crippen molar-refractivity contribution in [1.29, 1.82) is 0 Å². The van der Waals surface area contributed by atoms with Crippen molar-refractivity contribution in [3.05, 3.63) is 12.2 Å². The highest BCUT2D eigenvalue weighted by Gasteiger charge is 2.27. The van der Waals surface area contributed by atoms with Crippen molar-refractivity contribution >= 4 is 30.7 Å². The first kappa shape index (κ1) is 21.4. The van der Waals surface area contributed by atoms with Crippen LogP contribution in [0.4, 0.5) is 0 Å². The number of amides is 1. The van der Waals surface area contributed by atoms with Crippen LogP contribution in [0.15, 0.2) is 6.33 Å². The van der Waals surface area contributed by atoms with Crippen LogP contribution in [-0.4, -0.2) is 26.7 Å². The van der Waals surface area contributed by atoms with Gasteiger partial charge in [-0.3, -0.25) is 4.79 Å². The lowest BCUT2D eigenvalue weighted by Gasteiger charge is -2.25. The highest BCUT2D eigenvalue weighted by atomic mass is 35.5. The molecule has 1 rings (SSSR count). The van der Waals surface area contributed by atoms with Gasteiger partial charge >= 0.3 is 0 Å². The maximum Gasteiger partial charge on any atom is 0.237 e. The fourth-order valence-electron chi connectivity index (χ4n) is 1.49. The number of halogens is 2. The SMILES string of the molecule is CC(C)n1cnnc1CNC(=O)[C@@H](N)C(C)(C)C.Cl.Cl. The first-order valence-electron chi connectivity index (χ1n) is 6.15. The second-order valence-corrected chi connectivity index (χ2v) is 5.81. The van der Waals surface area contributed by atoms with E-state index in [1.807, 2.05) is 39.2 Å². The fraction of sp³-hybridized carbons (Fsp3) is 0.750. The Morgan fingerprint density at radius 1 is 1.40 bits per heavy atom. The molecular formula is C12H25Cl2N5O. The van der Waals surface area contributed by atoms with Gasteiger partial charge in [-0.2, -0.15) is 0 Å². The zero-order valence-corrected chi connectivity index (χ0v) is 14.2. The maximum absolute atomic E-state index is 11.9. The van der Waals surface area contributed by atoms with Crippen LogP contribution in [0.5, 0.6) is 0 Å². The Hall–Kier alpha value is -0.850. The minimum Gasteiger partial charge on any atom is -0.347 e. The van der Waals surface area contributed by atoms with Crippen LogP contribution in [0, 0.1) is 5.41 Å². The molecule has 1 aromatic heterocycles. The second-order valence-electron chi connectivity index (χ2n) is 5.81. The van der Waals surface area contributed by atoms with Crippen LogP contribution in [0.1, 0.15) is 46.5 Å². The number of hydrogen-bond acceptors (Lipinski definition) is 4. The first-order valence-corrected chi connectivity index (χ1v) is 6.15. The number of carbonyl (C=O) groups is 1. The van der Waals surface area contributed by atoms with Crippen molar-refractivity contribution in [3.8, 4) is 0 Å². The molecule has 0 bridgehead atoms. The highest BCUT2D eigenvalue weighted by Crippen LogP contribution is 2.17. The molecule has 0 aliphatic carbocycles. The Labute approximate surface area is 132 Å². The molecule has 20 heavy (non-hydrogen) atoms. The molecule has 3 N–H and O–H groups in total. The van der Waals surface area contributed by atoms with Gasteiger partial charge in [0.2, 0.25) is 5.91 Å². The zero-order chi connectivity index (χ0) is 13.9.